The fraction of sp³-hybridized carbons (Fsp3) is 0.533. The lowest BCUT2D eigenvalue weighted by atomic mass is 9.89. The Bertz CT molecular complexity index is 414. The summed E-state index contributed by atoms with van der Waals surface area (Å²) in [5, 5.41) is 0. The molecule has 19 heavy (non-hydrogen) atoms. The van der Waals surface area contributed by atoms with Crippen LogP contribution in [0, 0.1) is 5.92 Å². The molecule has 4 heteroatoms. The van der Waals surface area contributed by atoms with Gasteiger partial charge in [-0.05, 0) is 12.8 Å². The summed E-state index contributed by atoms with van der Waals surface area (Å²) in [5.74, 6) is 1.60. The van der Waals surface area contributed by atoms with Gasteiger partial charge in [0.25, 0.3) is 0 Å². The zero-order valence-corrected chi connectivity index (χ0v) is 11.5. The molecule has 1 aliphatic rings. The maximum absolute atomic E-state index is 12.1. The third-order valence-electron chi connectivity index (χ3n) is 3.48. The van der Waals surface area contributed by atoms with Gasteiger partial charge in [-0.15, -0.1) is 0 Å². The second-order valence-corrected chi connectivity index (χ2v) is 4.80. The summed E-state index contributed by atoms with van der Waals surface area (Å²) in [5.41, 5.74) is 0. The molecule has 1 saturated carbocycles. The molecule has 0 radical (unpaired) electrons. The van der Waals surface area contributed by atoms with Gasteiger partial charge in [0.1, 0.15) is 17.2 Å². The molecule has 0 aromatic heterocycles. The van der Waals surface area contributed by atoms with E-state index < -0.39 is 0 Å². The molecule has 1 fully saturated rings. The molecule has 0 bridgehead atoms. The van der Waals surface area contributed by atoms with Gasteiger partial charge in [-0.25, -0.2) is 0 Å². The van der Waals surface area contributed by atoms with Gasteiger partial charge >= 0.3 is 5.97 Å². The lowest BCUT2D eigenvalue weighted by Crippen LogP contribution is -2.22. The summed E-state index contributed by atoms with van der Waals surface area (Å²) >= 11 is 0. The molecule has 0 unspecified atom stereocenters. The minimum atomic E-state index is -0.144. The number of carbonyl (C=O) groups is 1. The van der Waals surface area contributed by atoms with Crippen LogP contribution in [0.1, 0.15) is 32.1 Å². The van der Waals surface area contributed by atoms with Gasteiger partial charge in [-0.2, -0.15) is 0 Å². The van der Waals surface area contributed by atoms with E-state index in [1.807, 2.05) is 0 Å². The van der Waals surface area contributed by atoms with Crippen molar-refractivity contribution in [3.8, 4) is 17.2 Å². The zero-order chi connectivity index (χ0) is 13.7. The van der Waals surface area contributed by atoms with Crippen molar-refractivity contribution in [3.63, 3.8) is 0 Å². The summed E-state index contributed by atoms with van der Waals surface area (Å²) in [7, 11) is 3.14. The summed E-state index contributed by atoms with van der Waals surface area (Å²) < 4.78 is 15.7. The van der Waals surface area contributed by atoms with E-state index >= 15 is 0 Å². The molecular weight excluding hydrogens is 244 g/mol. The Balaban J connectivity index is 2.06. The molecule has 1 aliphatic carbocycles. The van der Waals surface area contributed by atoms with Crippen molar-refractivity contribution < 1.29 is 19.0 Å². The monoisotopic (exact) mass is 264 g/mol. The second-order valence-electron chi connectivity index (χ2n) is 4.80. The number of carbonyl (C=O) groups excluding carboxylic acids is 1. The fourth-order valence-electron chi connectivity index (χ4n) is 2.38. The third-order valence-corrected chi connectivity index (χ3v) is 3.48. The Hall–Kier alpha value is -1.71. The van der Waals surface area contributed by atoms with Crippen LogP contribution in [-0.2, 0) is 4.79 Å². The molecule has 0 spiro atoms. The highest BCUT2D eigenvalue weighted by atomic mass is 16.5. The molecule has 0 heterocycles. The standard InChI is InChI=1S/C15H20O4/c1-17-12-8-13(18-2)10-14(9-12)19-15(16)11-6-4-3-5-7-11/h8-11H,3-7H2,1-2H3. The van der Waals surface area contributed by atoms with Gasteiger partial charge < -0.3 is 14.2 Å². The molecule has 4 nitrogen and oxygen atoms in total. The molecule has 0 N–H and O–H groups in total. The number of hydrogen-bond donors (Lipinski definition) is 0. The fourth-order valence-corrected chi connectivity index (χ4v) is 2.38. The van der Waals surface area contributed by atoms with Crippen molar-refractivity contribution in [2.75, 3.05) is 14.2 Å². The second kappa shape index (κ2) is 6.45. The van der Waals surface area contributed by atoms with Crippen LogP contribution in [0.2, 0.25) is 0 Å². The van der Waals surface area contributed by atoms with Crippen molar-refractivity contribution in [2.45, 2.75) is 32.1 Å². The summed E-state index contributed by atoms with van der Waals surface area (Å²) in [6.45, 7) is 0. The van der Waals surface area contributed by atoms with E-state index in [9.17, 15) is 4.79 Å². The van der Waals surface area contributed by atoms with Crippen LogP contribution in [0.4, 0.5) is 0 Å². The molecule has 1 aromatic carbocycles. The highest BCUT2D eigenvalue weighted by Gasteiger charge is 2.23. The smallest absolute Gasteiger partial charge is 0.314 e. The van der Waals surface area contributed by atoms with Gasteiger partial charge in [0.2, 0.25) is 0 Å². The lowest BCUT2D eigenvalue weighted by Gasteiger charge is -2.20. The molecule has 0 aliphatic heterocycles. The van der Waals surface area contributed by atoms with Crippen LogP contribution in [0.3, 0.4) is 0 Å². The molecule has 1 aromatic rings. The van der Waals surface area contributed by atoms with Crippen molar-refractivity contribution in [3.05, 3.63) is 18.2 Å². The Morgan fingerprint density at radius 2 is 1.47 bits per heavy atom. The highest BCUT2D eigenvalue weighted by Crippen LogP contribution is 2.30. The Morgan fingerprint density at radius 3 is 2.00 bits per heavy atom. The lowest BCUT2D eigenvalue weighted by molar-refractivity contribution is -0.139. The summed E-state index contributed by atoms with van der Waals surface area (Å²) in [6, 6.07) is 5.14. The Morgan fingerprint density at radius 1 is 0.947 bits per heavy atom. The first-order chi connectivity index (χ1) is 9.22. The van der Waals surface area contributed by atoms with Gasteiger partial charge in [-0.1, -0.05) is 19.3 Å². The maximum atomic E-state index is 12.1. The molecule has 0 saturated heterocycles. The summed E-state index contributed by atoms with van der Waals surface area (Å²) in [4.78, 5) is 12.1. The van der Waals surface area contributed by atoms with E-state index in [2.05, 4.69) is 0 Å². The van der Waals surface area contributed by atoms with Crippen molar-refractivity contribution >= 4 is 5.97 Å². The quantitative estimate of drug-likeness (QED) is 0.619. The van der Waals surface area contributed by atoms with E-state index in [4.69, 9.17) is 14.2 Å². The van der Waals surface area contributed by atoms with Crippen LogP contribution in [0.25, 0.3) is 0 Å². The van der Waals surface area contributed by atoms with Gasteiger partial charge in [-0.3, -0.25) is 4.79 Å². The van der Waals surface area contributed by atoms with Crippen LogP contribution in [0.5, 0.6) is 17.2 Å². The van der Waals surface area contributed by atoms with E-state index in [1.165, 1.54) is 6.42 Å². The molecule has 0 atom stereocenters. The molecule has 2 rings (SSSR count). The van der Waals surface area contributed by atoms with Gasteiger partial charge in [0.15, 0.2) is 0 Å². The van der Waals surface area contributed by atoms with Crippen LogP contribution in [0.15, 0.2) is 18.2 Å². The minimum absolute atomic E-state index is 0.0333. The first-order valence-electron chi connectivity index (χ1n) is 6.67. The number of hydrogen-bond acceptors (Lipinski definition) is 4. The third kappa shape index (κ3) is 3.63. The van der Waals surface area contributed by atoms with E-state index in [-0.39, 0.29) is 11.9 Å². The normalized spacial score (nSPS) is 15.9. The number of esters is 1. The summed E-state index contributed by atoms with van der Waals surface area (Å²) in [6.07, 6.45) is 5.30. The number of ether oxygens (including phenoxy) is 3. The first-order valence-corrected chi connectivity index (χ1v) is 6.67. The van der Waals surface area contributed by atoms with Crippen LogP contribution < -0.4 is 14.2 Å². The minimum Gasteiger partial charge on any atom is -0.496 e. The zero-order valence-electron chi connectivity index (χ0n) is 11.5. The van der Waals surface area contributed by atoms with Crippen molar-refractivity contribution in [1.82, 2.24) is 0 Å². The van der Waals surface area contributed by atoms with E-state index in [1.54, 1.807) is 32.4 Å². The maximum Gasteiger partial charge on any atom is 0.314 e. The predicted octanol–water partition coefficient (Wildman–Crippen LogP) is 3.19. The first kappa shape index (κ1) is 13.7. The van der Waals surface area contributed by atoms with Crippen LogP contribution in [-0.4, -0.2) is 20.2 Å². The predicted molar refractivity (Wildman–Crippen MR) is 71.8 cm³/mol. The average Bonchev–Trinajstić information content (AvgIpc) is 2.47. The Kier molecular flexibility index (Phi) is 4.66. The molecule has 104 valence electrons. The largest absolute Gasteiger partial charge is 0.496 e. The number of benzene rings is 1. The van der Waals surface area contributed by atoms with E-state index in [0.29, 0.717) is 17.2 Å². The van der Waals surface area contributed by atoms with Gasteiger partial charge in [0, 0.05) is 18.2 Å². The van der Waals surface area contributed by atoms with E-state index in [0.717, 1.165) is 25.7 Å². The van der Waals surface area contributed by atoms with Crippen molar-refractivity contribution in [2.24, 2.45) is 5.92 Å². The molecule has 0 amide bonds. The number of rotatable bonds is 4. The Labute approximate surface area is 113 Å². The van der Waals surface area contributed by atoms with Crippen molar-refractivity contribution in [1.29, 1.82) is 0 Å². The topological polar surface area (TPSA) is 44.8 Å². The van der Waals surface area contributed by atoms with Gasteiger partial charge in [0.05, 0.1) is 20.1 Å². The number of methoxy groups -OCH3 is 2. The highest BCUT2D eigenvalue weighted by molar-refractivity contribution is 5.75. The SMILES string of the molecule is COc1cc(OC)cc(OC(=O)C2CCCCC2)c1. The molecular formula is C15H20O4. The average molecular weight is 264 g/mol. The van der Waals surface area contributed by atoms with Crippen LogP contribution >= 0.6 is 0 Å².